The van der Waals surface area contributed by atoms with E-state index >= 15 is 0 Å². The summed E-state index contributed by atoms with van der Waals surface area (Å²) < 4.78 is 13.3. The molecule has 1 aromatic carbocycles. The van der Waals surface area contributed by atoms with Crippen molar-refractivity contribution in [2.45, 2.75) is 12.8 Å². The molecule has 0 unspecified atom stereocenters. The molecule has 0 aliphatic carbocycles. The molecule has 18 heavy (non-hydrogen) atoms. The number of carbonyl (C=O) groups excluding carboxylic acids is 1. The molecule has 1 saturated heterocycles. The summed E-state index contributed by atoms with van der Waals surface area (Å²) in [6.07, 6.45) is 1.08. The Morgan fingerprint density at radius 2 is 2.06 bits per heavy atom. The largest absolute Gasteiger partial charge is 0.411 e. The minimum atomic E-state index is -0.600. The highest BCUT2D eigenvalue weighted by Crippen LogP contribution is 2.18. The average Bonchev–Trinajstić information content (AvgIpc) is 2.41. The zero-order valence-corrected chi connectivity index (χ0v) is 10.3. The molecule has 0 atom stereocenters. The zero-order chi connectivity index (χ0) is 13.1. The number of halogens is 2. The minimum Gasteiger partial charge on any atom is -0.411 e. The molecule has 0 aromatic heterocycles. The van der Waals surface area contributed by atoms with Crippen molar-refractivity contribution in [2.24, 2.45) is 5.16 Å². The van der Waals surface area contributed by atoms with Crippen LogP contribution in [-0.4, -0.2) is 34.8 Å². The third-order valence-electron chi connectivity index (χ3n) is 2.94. The van der Waals surface area contributed by atoms with E-state index in [2.05, 4.69) is 5.16 Å². The van der Waals surface area contributed by atoms with Gasteiger partial charge in [0.15, 0.2) is 0 Å². The predicted octanol–water partition coefficient (Wildman–Crippen LogP) is 2.55. The summed E-state index contributed by atoms with van der Waals surface area (Å²) >= 11 is 5.57. The highest BCUT2D eigenvalue weighted by molar-refractivity contribution is 6.30. The fourth-order valence-corrected chi connectivity index (χ4v) is 2.00. The van der Waals surface area contributed by atoms with Crippen molar-refractivity contribution in [3.63, 3.8) is 0 Å². The van der Waals surface area contributed by atoms with E-state index in [1.54, 1.807) is 4.90 Å². The topological polar surface area (TPSA) is 52.9 Å². The van der Waals surface area contributed by atoms with Crippen molar-refractivity contribution in [3.05, 3.63) is 34.6 Å². The van der Waals surface area contributed by atoms with Crippen LogP contribution in [0, 0.1) is 5.82 Å². The van der Waals surface area contributed by atoms with Gasteiger partial charge in [-0.05, 0) is 18.2 Å². The van der Waals surface area contributed by atoms with Gasteiger partial charge in [-0.3, -0.25) is 4.79 Å². The van der Waals surface area contributed by atoms with Gasteiger partial charge in [-0.15, -0.1) is 0 Å². The number of piperidine rings is 1. The minimum absolute atomic E-state index is 0.0000979. The number of oxime groups is 1. The van der Waals surface area contributed by atoms with Crippen LogP contribution in [0.2, 0.25) is 5.02 Å². The lowest BCUT2D eigenvalue weighted by Gasteiger charge is -2.27. The number of hydrogen-bond acceptors (Lipinski definition) is 3. The van der Waals surface area contributed by atoms with Gasteiger partial charge in [-0.25, -0.2) is 4.39 Å². The Morgan fingerprint density at radius 3 is 2.61 bits per heavy atom. The van der Waals surface area contributed by atoms with E-state index in [1.807, 2.05) is 0 Å². The lowest BCUT2D eigenvalue weighted by atomic mass is 10.1. The van der Waals surface area contributed by atoms with Crippen molar-refractivity contribution in [2.75, 3.05) is 13.1 Å². The summed E-state index contributed by atoms with van der Waals surface area (Å²) in [7, 11) is 0. The molecule has 0 radical (unpaired) electrons. The van der Waals surface area contributed by atoms with E-state index in [0.29, 0.717) is 31.6 Å². The molecule has 1 fully saturated rings. The number of amides is 1. The molecule has 1 aromatic rings. The first-order valence-corrected chi connectivity index (χ1v) is 5.93. The third-order valence-corrected chi connectivity index (χ3v) is 3.24. The Hall–Kier alpha value is -1.62. The van der Waals surface area contributed by atoms with Crippen molar-refractivity contribution in [3.8, 4) is 0 Å². The third kappa shape index (κ3) is 2.61. The number of carbonyl (C=O) groups is 1. The van der Waals surface area contributed by atoms with Gasteiger partial charge in [0.1, 0.15) is 5.82 Å². The van der Waals surface area contributed by atoms with Crippen LogP contribution in [0.15, 0.2) is 23.4 Å². The number of benzene rings is 1. The number of hydrogen-bond donors (Lipinski definition) is 1. The Bertz CT molecular complexity index is 495. The molecule has 1 N–H and O–H groups in total. The fourth-order valence-electron chi connectivity index (χ4n) is 1.88. The second kappa shape index (κ2) is 5.35. The molecule has 4 nitrogen and oxygen atoms in total. The molecule has 1 aliphatic heterocycles. The first kappa shape index (κ1) is 12.8. The van der Waals surface area contributed by atoms with Crippen LogP contribution in [-0.2, 0) is 0 Å². The molecular formula is C12H12ClFN2O2. The molecule has 1 aliphatic rings. The summed E-state index contributed by atoms with van der Waals surface area (Å²) in [6, 6.07) is 4.01. The smallest absolute Gasteiger partial charge is 0.253 e. The lowest BCUT2D eigenvalue weighted by molar-refractivity contribution is 0.0753. The van der Waals surface area contributed by atoms with Crippen molar-refractivity contribution in [1.29, 1.82) is 0 Å². The van der Waals surface area contributed by atoms with Crippen molar-refractivity contribution in [1.82, 2.24) is 4.90 Å². The van der Waals surface area contributed by atoms with E-state index in [9.17, 15) is 9.18 Å². The van der Waals surface area contributed by atoms with E-state index in [0.717, 1.165) is 6.07 Å². The molecule has 1 amide bonds. The monoisotopic (exact) mass is 270 g/mol. The standard InChI is InChI=1S/C12H12ClFN2O2/c13-10-2-1-8(7-11(10)14)12(17)16-5-3-9(15-18)4-6-16/h1-2,7,18H,3-6H2. The van der Waals surface area contributed by atoms with Crippen molar-refractivity contribution >= 4 is 23.2 Å². The highest BCUT2D eigenvalue weighted by atomic mass is 35.5. The summed E-state index contributed by atoms with van der Waals surface area (Å²) in [5.74, 6) is -0.834. The second-order valence-corrected chi connectivity index (χ2v) is 4.49. The molecule has 96 valence electrons. The fraction of sp³-hybridized carbons (Fsp3) is 0.333. The molecule has 0 bridgehead atoms. The molecule has 0 saturated carbocycles. The van der Waals surface area contributed by atoms with Gasteiger partial charge in [0.25, 0.3) is 5.91 Å². The van der Waals surface area contributed by atoms with Crippen LogP contribution in [0.5, 0.6) is 0 Å². The van der Waals surface area contributed by atoms with Gasteiger partial charge in [-0.1, -0.05) is 16.8 Å². The number of nitrogens with zero attached hydrogens (tertiary/aromatic N) is 2. The number of likely N-dealkylation sites (tertiary alicyclic amines) is 1. The molecule has 2 rings (SSSR count). The second-order valence-electron chi connectivity index (χ2n) is 4.09. The lowest BCUT2D eigenvalue weighted by Crippen LogP contribution is -2.38. The van der Waals surface area contributed by atoms with Gasteiger partial charge in [0.05, 0.1) is 10.7 Å². The van der Waals surface area contributed by atoms with Crippen LogP contribution in [0.25, 0.3) is 0 Å². The molecular weight excluding hydrogens is 259 g/mol. The Kier molecular flexibility index (Phi) is 3.81. The normalized spacial score (nSPS) is 15.7. The Labute approximate surface area is 109 Å². The predicted molar refractivity (Wildman–Crippen MR) is 65.8 cm³/mol. The first-order chi connectivity index (χ1) is 8.61. The molecule has 6 heteroatoms. The summed E-state index contributed by atoms with van der Waals surface area (Å²) in [4.78, 5) is 13.7. The zero-order valence-electron chi connectivity index (χ0n) is 9.57. The van der Waals surface area contributed by atoms with Gasteiger partial charge >= 0.3 is 0 Å². The first-order valence-electron chi connectivity index (χ1n) is 5.56. The van der Waals surface area contributed by atoms with E-state index < -0.39 is 5.82 Å². The average molecular weight is 271 g/mol. The quantitative estimate of drug-likeness (QED) is 0.630. The maximum absolute atomic E-state index is 13.3. The summed E-state index contributed by atoms with van der Waals surface area (Å²) in [5, 5.41) is 11.8. The summed E-state index contributed by atoms with van der Waals surface area (Å²) in [6.45, 7) is 0.949. The van der Waals surface area contributed by atoms with Gasteiger partial charge in [0.2, 0.25) is 0 Å². The van der Waals surface area contributed by atoms with E-state index in [1.165, 1.54) is 12.1 Å². The molecule has 1 heterocycles. The van der Waals surface area contributed by atoms with Gasteiger partial charge < -0.3 is 10.1 Å². The van der Waals surface area contributed by atoms with E-state index in [-0.39, 0.29) is 16.5 Å². The molecule has 0 spiro atoms. The van der Waals surface area contributed by atoms with Crippen LogP contribution in [0.1, 0.15) is 23.2 Å². The Morgan fingerprint density at radius 1 is 1.39 bits per heavy atom. The van der Waals surface area contributed by atoms with Crippen LogP contribution >= 0.6 is 11.6 Å². The van der Waals surface area contributed by atoms with Crippen LogP contribution < -0.4 is 0 Å². The van der Waals surface area contributed by atoms with Crippen LogP contribution in [0.3, 0.4) is 0 Å². The van der Waals surface area contributed by atoms with Gasteiger partial charge in [0, 0.05) is 31.5 Å². The SMILES string of the molecule is O=C(c1ccc(Cl)c(F)c1)N1CCC(=NO)CC1. The number of rotatable bonds is 1. The highest BCUT2D eigenvalue weighted by Gasteiger charge is 2.21. The Balaban J connectivity index is 2.10. The van der Waals surface area contributed by atoms with Gasteiger partial charge in [-0.2, -0.15) is 0 Å². The van der Waals surface area contributed by atoms with Crippen LogP contribution in [0.4, 0.5) is 4.39 Å². The van der Waals surface area contributed by atoms with E-state index in [4.69, 9.17) is 16.8 Å². The maximum atomic E-state index is 13.3. The summed E-state index contributed by atoms with van der Waals surface area (Å²) in [5.41, 5.74) is 0.961. The maximum Gasteiger partial charge on any atom is 0.253 e. The van der Waals surface area contributed by atoms with Crippen molar-refractivity contribution < 1.29 is 14.4 Å².